The Balaban J connectivity index is 1.72. The minimum absolute atomic E-state index is 0.0451. The fourth-order valence-corrected chi connectivity index (χ4v) is 2.56. The van der Waals surface area contributed by atoms with E-state index < -0.39 is 23.7 Å². The van der Waals surface area contributed by atoms with Gasteiger partial charge in [-0.05, 0) is 30.5 Å². The fraction of sp³-hybridized carbons (Fsp3) is 0.235. The van der Waals surface area contributed by atoms with E-state index >= 15 is 0 Å². The van der Waals surface area contributed by atoms with Gasteiger partial charge < -0.3 is 4.74 Å². The maximum absolute atomic E-state index is 13.5. The van der Waals surface area contributed by atoms with Crippen LogP contribution in [0.25, 0.3) is 0 Å². The molecule has 2 N–H and O–H groups in total. The Kier molecular flexibility index (Phi) is 6.64. The Morgan fingerprint density at radius 2 is 1.88 bits per heavy atom. The molecule has 1 atom stereocenters. The number of hydrogen-bond donors (Lipinski definition) is 2. The highest BCUT2D eigenvalue weighted by Gasteiger charge is 2.17. The number of rotatable bonds is 7. The van der Waals surface area contributed by atoms with Crippen LogP contribution in [0.1, 0.15) is 29.4 Å². The molecule has 2 rings (SSSR count). The minimum atomic E-state index is -1.01. The lowest BCUT2D eigenvalue weighted by Crippen LogP contribution is -2.47. The van der Waals surface area contributed by atoms with Crippen molar-refractivity contribution in [2.45, 2.75) is 25.9 Å². The number of hydrazine groups is 1. The van der Waals surface area contributed by atoms with E-state index in [1.54, 1.807) is 23.6 Å². The van der Waals surface area contributed by atoms with Crippen molar-refractivity contribution >= 4 is 28.9 Å². The third kappa shape index (κ3) is 5.68. The van der Waals surface area contributed by atoms with Gasteiger partial charge in [0.1, 0.15) is 0 Å². The summed E-state index contributed by atoms with van der Waals surface area (Å²) in [6.45, 7) is 1.42. The number of ether oxygens (including phenoxy) is 1. The molecular weight excluding hydrogens is 347 g/mol. The van der Waals surface area contributed by atoms with Crippen molar-refractivity contribution in [2.24, 2.45) is 0 Å². The zero-order chi connectivity index (χ0) is 18.2. The number of Topliss-reactive ketones (excluding diaryl/α,β-unsaturated/α-hetero) is 1. The van der Waals surface area contributed by atoms with Gasteiger partial charge in [0.2, 0.25) is 5.91 Å². The lowest BCUT2D eigenvalue weighted by atomic mass is 10.2. The maximum atomic E-state index is 13.5. The van der Waals surface area contributed by atoms with Crippen LogP contribution >= 0.6 is 11.3 Å². The average Bonchev–Trinajstić information content (AvgIpc) is 3.14. The van der Waals surface area contributed by atoms with Crippen LogP contribution in [0.5, 0.6) is 5.75 Å². The Hall–Kier alpha value is -2.74. The van der Waals surface area contributed by atoms with Gasteiger partial charge in [-0.1, -0.05) is 18.2 Å². The number of nitrogens with one attached hydrogen (secondary N) is 2. The molecule has 0 aliphatic rings. The van der Waals surface area contributed by atoms with E-state index in [-0.39, 0.29) is 24.4 Å². The van der Waals surface area contributed by atoms with Crippen LogP contribution < -0.4 is 15.6 Å². The normalized spacial score (nSPS) is 11.4. The van der Waals surface area contributed by atoms with Crippen molar-refractivity contribution in [1.29, 1.82) is 0 Å². The van der Waals surface area contributed by atoms with Crippen LogP contribution in [-0.2, 0) is 9.59 Å². The zero-order valence-electron chi connectivity index (χ0n) is 13.5. The number of amides is 2. The molecule has 0 radical (unpaired) electrons. The number of para-hydroxylation sites is 1. The van der Waals surface area contributed by atoms with E-state index in [1.165, 1.54) is 36.5 Å². The fourth-order valence-electron chi connectivity index (χ4n) is 1.87. The zero-order valence-corrected chi connectivity index (χ0v) is 14.3. The van der Waals surface area contributed by atoms with Crippen LogP contribution in [0.4, 0.5) is 4.39 Å². The molecule has 0 bridgehead atoms. The molecule has 0 aliphatic heterocycles. The molecule has 0 saturated heterocycles. The number of hydrogen-bond acceptors (Lipinski definition) is 5. The molecular formula is C17H17FN2O4S. The van der Waals surface area contributed by atoms with Gasteiger partial charge in [-0.15, -0.1) is 11.3 Å². The van der Waals surface area contributed by atoms with Crippen LogP contribution in [0.2, 0.25) is 0 Å². The smallest absolute Gasteiger partial charge is 0.279 e. The Morgan fingerprint density at radius 1 is 1.12 bits per heavy atom. The second-order valence-electron chi connectivity index (χ2n) is 5.13. The Bertz CT molecular complexity index is 749. The number of carbonyl (C=O) groups excluding carboxylic acids is 3. The maximum Gasteiger partial charge on any atom is 0.279 e. The summed E-state index contributed by atoms with van der Waals surface area (Å²) in [6.07, 6.45) is -1.02. The molecule has 1 aromatic carbocycles. The molecule has 1 heterocycles. The molecule has 0 spiro atoms. The largest absolute Gasteiger partial charge is 0.478 e. The van der Waals surface area contributed by atoms with E-state index in [4.69, 9.17) is 4.74 Å². The van der Waals surface area contributed by atoms with Crippen LogP contribution in [0.3, 0.4) is 0 Å². The van der Waals surface area contributed by atoms with Gasteiger partial charge in [-0.25, -0.2) is 4.39 Å². The standard InChI is InChI=1S/C17H17FN2O4S/c1-11(24-14-6-3-2-5-12(14)18)17(23)20-19-16(22)9-8-13(21)15-7-4-10-25-15/h2-7,10-11H,8-9H2,1H3,(H,19,22)(H,20,23)/t11-/m1/s1. The van der Waals surface area contributed by atoms with Crippen LogP contribution in [0.15, 0.2) is 41.8 Å². The predicted molar refractivity (Wildman–Crippen MR) is 90.7 cm³/mol. The topological polar surface area (TPSA) is 84.5 Å². The minimum Gasteiger partial charge on any atom is -0.478 e. The number of benzene rings is 1. The number of halogens is 1. The summed E-state index contributed by atoms with van der Waals surface area (Å²) >= 11 is 1.31. The lowest BCUT2D eigenvalue weighted by molar-refractivity contribution is -0.132. The summed E-state index contributed by atoms with van der Waals surface area (Å²) in [7, 11) is 0. The molecule has 0 aliphatic carbocycles. The first kappa shape index (κ1) is 18.6. The van der Waals surface area contributed by atoms with Crippen molar-refractivity contribution < 1.29 is 23.5 Å². The van der Waals surface area contributed by atoms with E-state index in [0.717, 1.165) is 0 Å². The van der Waals surface area contributed by atoms with E-state index in [2.05, 4.69) is 10.9 Å². The van der Waals surface area contributed by atoms with Crippen molar-refractivity contribution in [3.63, 3.8) is 0 Å². The number of ketones is 1. The van der Waals surface area contributed by atoms with Crippen molar-refractivity contribution in [1.82, 2.24) is 10.9 Å². The van der Waals surface area contributed by atoms with E-state index in [1.807, 2.05) is 0 Å². The summed E-state index contributed by atoms with van der Waals surface area (Å²) in [5, 5.41) is 1.78. The highest BCUT2D eigenvalue weighted by Crippen LogP contribution is 2.17. The van der Waals surface area contributed by atoms with Crippen molar-refractivity contribution in [3.05, 3.63) is 52.5 Å². The van der Waals surface area contributed by atoms with Crippen molar-refractivity contribution in [2.75, 3.05) is 0 Å². The second kappa shape index (κ2) is 8.93. The van der Waals surface area contributed by atoms with Gasteiger partial charge in [0, 0.05) is 12.8 Å². The molecule has 6 nitrogen and oxygen atoms in total. The summed E-state index contributed by atoms with van der Waals surface area (Å²) in [5.74, 6) is -1.92. The summed E-state index contributed by atoms with van der Waals surface area (Å²) in [6, 6.07) is 9.14. The lowest BCUT2D eigenvalue weighted by Gasteiger charge is -2.15. The van der Waals surface area contributed by atoms with Gasteiger partial charge in [0.15, 0.2) is 23.5 Å². The SMILES string of the molecule is C[C@@H](Oc1ccccc1F)C(=O)NNC(=O)CCC(=O)c1cccs1. The third-order valence-electron chi connectivity index (χ3n) is 3.21. The molecule has 25 heavy (non-hydrogen) atoms. The Labute approximate surface area is 148 Å². The second-order valence-corrected chi connectivity index (χ2v) is 6.08. The molecule has 2 amide bonds. The Morgan fingerprint density at radius 3 is 2.56 bits per heavy atom. The van der Waals surface area contributed by atoms with Crippen LogP contribution in [0, 0.1) is 5.82 Å². The third-order valence-corrected chi connectivity index (χ3v) is 4.12. The molecule has 1 aromatic heterocycles. The average molecular weight is 364 g/mol. The molecule has 2 aromatic rings. The van der Waals surface area contributed by atoms with Gasteiger partial charge in [0.25, 0.3) is 5.91 Å². The quantitative estimate of drug-likeness (QED) is 0.584. The van der Waals surface area contributed by atoms with Gasteiger partial charge in [-0.3, -0.25) is 25.2 Å². The molecule has 132 valence electrons. The summed E-state index contributed by atoms with van der Waals surface area (Å²) < 4.78 is 18.7. The number of carbonyl (C=O) groups is 3. The number of thiophene rings is 1. The summed E-state index contributed by atoms with van der Waals surface area (Å²) in [4.78, 5) is 35.9. The van der Waals surface area contributed by atoms with E-state index in [9.17, 15) is 18.8 Å². The molecule has 0 unspecified atom stereocenters. The van der Waals surface area contributed by atoms with E-state index in [0.29, 0.717) is 4.88 Å². The first-order valence-corrected chi connectivity index (χ1v) is 8.42. The predicted octanol–water partition coefficient (Wildman–Crippen LogP) is 2.47. The summed E-state index contributed by atoms with van der Waals surface area (Å²) in [5.41, 5.74) is 4.39. The molecule has 8 heteroatoms. The van der Waals surface area contributed by atoms with Gasteiger partial charge in [0.05, 0.1) is 4.88 Å². The van der Waals surface area contributed by atoms with Gasteiger partial charge >= 0.3 is 0 Å². The highest BCUT2D eigenvalue weighted by molar-refractivity contribution is 7.12. The molecule has 0 fully saturated rings. The van der Waals surface area contributed by atoms with Crippen LogP contribution in [-0.4, -0.2) is 23.7 Å². The first-order chi connectivity index (χ1) is 12.0. The molecule has 0 saturated carbocycles. The first-order valence-electron chi connectivity index (χ1n) is 7.54. The van der Waals surface area contributed by atoms with Crippen molar-refractivity contribution in [3.8, 4) is 5.75 Å². The monoisotopic (exact) mass is 364 g/mol. The van der Waals surface area contributed by atoms with Gasteiger partial charge in [-0.2, -0.15) is 0 Å². The highest BCUT2D eigenvalue weighted by atomic mass is 32.1.